The third-order valence-corrected chi connectivity index (χ3v) is 10.6. The minimum absolute atomic E-state index is 0.114. The lowest BCUT2D eigenvalue weighted by Gasteiger charge is -2.18. The second-order valence-electron chi connectivity index (χ2n) is 16.7. The van der Waals surface area contributed by atoms with Crippen molar-refractivity contribution in [2.24, 2.45) is 0 Å². The van der Waals surface area contributed by atoms with E-state index in [9.17, 15) is 14.4 Å². The Morgan fingerprint density at radius 3 is 1.10 bits per heavy atom. The van der Waals surface area contributed by atoms with Gasteiger partial charge in [-0.2, -0.15) is 0 Å². The van der Waals surface area contributed by atoms with Crippen molar-refractivity contribution in [3.05, 3.63) is 85.1 Å². The molecule has 0 spiro atoms. The maximum absolute atomic E-state index is 12.7. The fourth-order valence-electron chi connectivity index (χ4n) is 6.76. The van der Waals surface area contributed by atoms with Crippen molar-refractivity contribution >= 4 is 17.9 Å². The van der Waals surface area contributed by atoms with Gasteiger partial charge in [0.1, 0.15) is 13.2 Å². The predicted molar refractivity (Wildman–Crippen MR) is 265 cm³/mol. The van der Waals surface area contributed by atoms with Crippen LogP contribution in [0.25, 0.3) is 0 Å². The van der Waals surface area contributed by atoms with Crippen LogP contribution < -0.4 is 0 Å². The van der Waals surface area contributed by atoms with E-state index in [4.69, 9.17) is 14.2 Å². The Kier molecular flexibility index (Phi) is 47.5. The molecule has 6 heteroatoms. The number of unbranched alkanes of at least 4 members (excludes halogenated alkanes) is 20. The summed E-state index contributed by atoms with van der Waals surface area (Å²) in [6, 6.07) is 0. The Labute approximate surface area is 382 Å². The number of rotatable bonds is 45. The molecule has 354 valence electrons. The molecule has 0 aromatic carbocycles. The first-order valence-corrected chi connectivity index (χ1v) is 25.6. The summed E-state index contributed by atoms with van der Waals surface area (Å²) in [7, 11) is 0. The topological polar surface area (TPSA) is 78.9 Å². The highest BCUT2D eigenvalue weighted by atomic mass is 16.6. The average molecular weight is 863 g/mol. The highest BCUT2D eigenvalue weighted by molar-refractivity contribution is 5.71. The van der Waals surface area contributed by atoms with Crippen molar-refractivity contribution in [1.82, 2.24) is 0 Å². The van der Waals surface area contributed by atoms with Crippen LogP contribution in [0.2, 0.25) is 0 Å². The van der Waals surface area contributed by atoms with E-state index in [2.05, 4.69) is 93.7 Å². The lowest BCUT2D eigenvalue weighted by atomic mass is 10.1. The number of carbonyl (C=O) groups excluding carboxylic acids is 3. The van der Waals surface area contributed by atoms with Crippen molar-refractivity contribution < 1.29 is 28.6 Å². The number of carbonyl (C=O) groups is 3. The average Bonchev–Trinajstić information content (AvgIpc) is 3.27. The largest absolute Gasteiger partial charge is 0.462 e. The first-order valence-electron chi connectivity index (χ1n) is 25.6. The highest BCUT2D eigenvalue weighted by Gasteiger charge is 2.19. The number of hydrogen-bond acceptors (Lipinski definition) is 6. The Morgan fingerprint density at radius 1 is 0.339 bits per heavy atom. The summed E-state index contributed by atoms with van der Waals surface area (Å²) in [5, 5.41) is 0. The summed E-state index contributed by atoms with van der Waals surface area (Å²) >= 11 is 0. The van der Waals surface area contributed by atoms with Crippen LogP contribution in [0.5, 0.6) is 0 Å². The smallest absolute Gasteiger partial charge is 0.306 e. The van der Waals surface area contributed by atoms with Gasteiger partial charge in [0.05, 0.1) is 0 Å². The molecule has 0 aliphatic heterocycles. The summed E-state index contributed by atoms with van der Waals surface area (Å²) in [5.41, 5.74) is 0. The Hall–Kier alpha value is -3.41. The molecule has 0 saturated carbocycles. The molecule has 0 saturated heterocycles. The highest BCUT2D eigenvalue weighted by Crippen LogP contribution is 2.13. The first-order chi connectivity index (χ1) is 30.5. The van der Waals surface area contributed by atoms with E-state index in [-0.39, 0.29) is 31.6 Å². The van der Waals surface area contributed by atoms with Gasteiger partial charge in [-0.1, -0.05) is 202 Å². The SMILES string of the molecule is CC/C=C\C/C=C\C/C=C\C/C=C\C/C=C\CCC(=O)OC(COC(=O)CCCCCC/C=C\CCCC)COC(=O)CCCCCCC/C=C\CCCCCCCCCCC. The lowest BCUT2D eigenvalue weighted by Crippen LogP contribution is -2.30. The molecule has 0 fully saturated rings. The minimum atomic E-state index is -0.823. The molecule has 1 unspecified atom stereocenters. The summed E-state index contributed by atoms with van der Waals surface area (Å²) in [5.74, 6) is -1.02. The number of hydrogen-bond donors (Lipinski definition) is 0. The van der Waals surface area contributed by atoms with Crippen LogP contribution in [0.3, 0.4) is 0 Å². The molecule has 62 heavy (non-hydrogen) atoms. The molecule has 0 aliphatic carbocycles. The van der Waals surface area contributed by atoms with Gasteiger partial charge in [-0.05, 0) is 96.3 Å². The van der Waals surface area contributed by atoms with Crippen molar-refractivity contribution in [2.45, 2.75) is 239 Å². The van der Waals surface area contributed by atoms with Crippen molar-refractivity contribution in [2.75, 3.05) is 13.2 Å². The molecule has 6 nitrogen and oxygen atoms in total. The van der Waals surface area contributed by atoms with Gasteiger partial charge in [0.25, 0.3) is 0 Å². The Morgan fingerprint density at radius 2 is 0.677 bits per heavy atom. The van der Waals surface area contributed by atoms with E-state index >= 15 is 0 Å². The van der Waals surface area contributed by atoms with Crippen LogP contribution in [0.4, 0.5) is 0 Å². The lowest BCUT2D eigenvalue weighted by molar-refractivity contribution is -0.166. The molecular formula is C56H94O6. The summed E-state index contributed by atoms with van der Waals surface area (Å²) in [6.07, 6.45) is 64.4. The zero-order valence-electron chi connectivity index (χ0n) is 40.4. The molecule has 0 aliphatic rings. The standard InChI is InChI=1S/C56H94O6/c1-4-7-10-13-16-19-22-24-26-28-29-31-32-34-37-40-43-46-49-55(58)61-52-53(51-60-54(57)48-45-42-39-36-21-18-15-12-9-6-3)62-56(59)50-47-44-41-38-35-33-30-27-25-23-20-17-14-11-8-5-2/h8,11,15,17-18,20,25,27,29,31,33,35,41,44,53H,4-7,9-10,12-14,16,19,21-24,26,28,30,32,34,36-40,42-43,45-52H2,1-3H3/b11-8-,18-15-,20-17-,27-25-,31-29-,35-33-,44-41-. The third-order valence-electron chi connectivity index (χ3n) is 10.6. The molecular weight excluding hydrogens is 769 g/mol. The molecule has 0 amide bonds. The van der Waals surface area contributed by atoms with Gasteiger partial charge < -0.3 is 14.2 Å². The summed E-state index contributed by atoms with van der Waals surface area (Å²) < 4.78 is 16.7. The van der Waals surface area contributed by atoms with E-state index in [1.807, 2.05) is 12.2 Å². The van der Waals surface area contributed by atoms with E-state index in [1.165, 1.54) is 83.5 Å². The number of allylic oxidation sites excluding steroid dienone is 14. The monoisotopic (exact) mass is 863 g/mol. The van der Waals surface area contributed by atoms with E-state index < -0.39 is 12.1 Å². The van der Waals surface area contributed by atoms with Gasteiger partial charge in [-0.25, -0.2) is 0 Å². The van der Waals surface area contributed by atoms with Crippen LogP contribution in [-0.2, 0) is 28.6 Å². The van der Waals surface area contributed by atoms with Gasteiger partial charge in [0.15, 0.2) is 6.10 Å². The van der Waals surface area contributed by atoms with Crippen LogP contribution in [-0.4, -0.2) is 37.2 Å². The summed E-state index contributed by atoms with van der Waals surface area (Å²) in [4.78, 5) is 37.9. The first kappa shape index (κ1) is 58.6. The Balaban J connectivity index is 4.46. The van der Waals surface area contributed by atoms with Gasteiger partial charge in [-0.15, -0.1) is 0 Å². The molecule has 1 atom stereocenters. The molecule has 0 N–H and O–H groups in total. The normalized spacial score (nSPS) is 12.8. The Bertz CT molecular complexity index is 1220. The fourth-order valence-corrected chi connectivity index (χ4v) is 6.76. The van der Waals surface area contributed by atoms with Crippen LogP contribution in [0, 0.1) is 0 Å². The molecule has 0 radical (unpaired) electrons. The molecule has 0 aromatic rings. The van der Waals surface area contributed by atoms with E-state index in [1.54, 1.807) is 0 Å². The maximum Gasteiger partial charge on any atom is 0.306 e. The number of ether oxygens (including phenoxy) is 3. The molecule has 0 aromatic heterocycles. The van der Waals surface area contributed by atoms with Gasteiger partial charge in [-0.3, -0.25) is 14.4 Å². The molecule has 0 heterocycles. The zero-order valence-corrected chi connectivity index (χ0v) is 40.4. The predicted octanol–water partition coefficient (Wildman–Crippen LogP) is 16.8. The van der Waals surface area contributed by atoms with E-state index in [0.717, 1.165) is 103 Å². The zero-order chi connectivity index (χ0) is 45.1. The maximum atomic E-state index is 12.7. The van der Waals surface area contributed by atoms with E-state index in [0.29, 0.717) is 19.3 Å². The number of esters is 3. The second-order valence-corrected chi connectivity index (χ2v) is 16.7. The van der Waals surface area contributed by atoms with Gasteiger partial charge in [0.2, 0.25) is 0 Å². The third kappa shape index (κ3) is 47.6. The van der Waals surface area contributed by atoms with Crippen molar-refractivity contribution in [1.29, 1.82) is 0 Å². The van der Waals surface area contributed by atoms with Crippen LogP contribution in [0.15, 0.2) is 85.1 Å². The molecule has 0 bridgehead atoms. The van der Waals surface area contributed by atoms with Gasteiger partial charge >= 0.3 is 17.9 Å². The second kappa shape index (κ2) is 50.2. The minimum Gasteiger partial charge on any atom is -0.462 e. The summed E-state index contributed by atoms with van der Waals surface area (Å²) in [6.45, 7) is 6.39. The molecule has 0 rings (SSSR count). The van der Waals surface area contributed by atoms with Crippen LogP contribution >= 0.6 is 0 Å². The van der Waals surface area contributed by atoms with Crippen molar-refractivity contribution in [3.8, 4) is 0 Å². The fraction of sp³-hybridized carbons (Fsp3) is 0.696. The van der Waals surface area contributed by atoms with Crippen LogP contribution in [0.1, 0.15) is 233 Å². The van der Waals surface area contributed by atoms with Gasteiger partial charge in [0, 0.05) is 19.3 Å². The van der Waals surface area contributed by atoms with Crippen molar-refractivity contribution in [3.63, 3.8) is 0 Å². The quantitative estimate of drug-likeness (QED) is 0.0263.